The minimum atomic E-state index is -0.603. The van der Waals surface area contributed by atoms with E-state index in [0.29, 0.717) is 12.1 Å². The third kappa shape index (κ3) is 6.91. The molecule has 0 saturated heterocycles. The molecule has 3 atom stereocenters. The Morgan fingerprint density at radius 2 is 1.70 bits per heavy atom. The van der Waals surface area contributed by atoms with Crippen molar-refractivity contribution in [2.75, 3.05) is 13.7 Å². The van der Waals surface area contributed by atoms with Gasteiger partial charge in [0.05, 0.1) is 24.8 Å². The molecular formula is C38H43NO5. The molecule has 230 valence electrons. The second-order valence-electron chi connectivity index (χ2n) is 12.7. The number of hydrogen-bond acceptors (Lipinski definition) is 5. The summed E-state index contributed by atoms with van der Waals surface area (Å²) >= 11 is 0. The molecule has 0 aliphatic carbocycles. The fraction of sp³-hybridized carbons (Fsp3) is 0.368. The van der Waals surface area contributed by atoms with Crippen LogP contribution < -0.4 is 4.74 Å². The summed E-state index contributed by atoms with van der Waals surface area (Å²) in [6, 6.07) is 28.5. The van der Waals surface area contributed by atoms with Gasteiger partial charge in [-0.3, -0.25) is 0 Å². The zero-order valence-corrected chi connectivity index (χ0v) is 26.6. The number of fused-ring (bicyclic) bond motifs is 2. The quantitative estimate of drug-likeness (QED) is 0.191. The van der Waals surface area contributed by atoms with Crippen molar-refractivity contribution in [3.63, 3.8) is 0 Å². The van der Waals surface area contributed by atoms with Crippen LogP contribution in [0.4, 0.5) is 4.79 Å². The van der Waals surface area contributed by atoms with E-state index in [1.165, 1.54) is 7.11 Å². The van der Waals surface area contributed by atoms with Gasteiger partial charge in [-0.15, -0.1) is 0 Å². The molecule has 44 heavy (non-hydrogen) atoms. The van der Waals surface area contributed by atoms with E-state index in [1.54, 1.807) is 0 Å². The van der Waals surface area contributed by atoms with Gasteiger partial charge < -0.3 is 19.1 Å². The van der Waals surface area contributed by atoms with E-state index in [9.17, 15) is 9.59 Å². The van der Waals surface area contributed by atoms with Crippen molar-refractivity contribution < 1.29 is 23.8 Å². The fourth-order valence-corrected chi connectivity index (χ4v) is 6.21. The van der Waals surface area contributed by atoms with Crippen molar-refractivity contribution in [1.82, 2.24) is 4.90 Å². The summed E-state index contributed by atoms with van der Waals surface area (Å²) in [5, 5.41) is 2.28. The molecule has 1 heterocycles. The molecule has 4 aromatic carbocycles. The third-order valence-corrected chi connectivity index (χ3v) is 8.45. The number of para-hydroxylation sites is 1. The number of esters is 1. The van der Waals surface area contributed by atoms with Crippen molar-refractivity contribution in [1.29, 1.82) is 0 Å². The monoisotopic (exact) mass is 593 g/mol. The van der Waals surface area contributed by atoms with Crippen LogP contribution in [0.15, 0.2) is 84.9 Å². The number of methoxy groups -OCH3 is 1. The number of nitrogens with zero attached hydrogens (tertiary/aromatic N) is 1. The molecule has 1 unspecified atom stereocenters. The lowest BCUT2D eigenvalue weighted by Crippen LogP contribution is -2.39. The maximum atomic E-state index is 13.6. The van der Waals surface area contributed by atoms with Crippen molar-refractivity contribution in [2.45, 2.75) is 77.5 Å². The molecule has 0 spiro atoms. The van der Waals surface area contributed by atoms with Crippen molar-refractivity contribution in [3.8, 4) is 5.75 Å². The van der Waals surface area contributed by atoms with Crippen molar-refractivity contribution >= 4 is 22.8 Å². The van der Waals surface area contributed by atoms with Gasteiger partial charge in [0.25, 0.3) is 0 Å². The van der Waals surface area contributed by atoms with E-state index in [1.807, 2.05) is 81.1 Å². The highest BCUT2D eigenvalue weighted by atomic mass is 16.6. The zero-order valence-electron chi connectivity index (χ0n) is 26.6. The third-order valence-electron chi connectivity index (χ3n) is 8.45. The lowest BCUT2D eigenvalue weighted by molar-refractivity contribution is 0.0162. The number of carbonyl (C=O) groups excluding carboxylic acids is 2. The highest BCUT2D eigenvalue weighted by Gasteiger charge is 2.32. The second-order valence-corrected chi connectivity index (χ2v) is 12.7. The maximum absolute atomic E-state index is 13.6. The number of amides is 1. The smallest absolute Gasteiger partial charge is 0.410 e. The van der Waals surface area contributed by atoms with Gasteiger partial charge in [0, 0.05) is 18.0 Å². The van der Waals surface area contributed by atoms with Gasteiger partial charge in [0.15, 0.2) is 0 Å². The molecule has 6 heteroatoms. The Hall–Kier alpha value is -4.32. The summed E-state index contributed by atoms with van der Waals surface area (Å²) in [6.45, 7) is 10.2. The Morgan fingerprint density at radius 1 is 0.977 bits per heavy atom. The van der Waals surface area contributed by atoms with Crippen LogP contribution in [-0.2, 0) is 9.47 Å². The van der Waals surface area contributed by atoms with Crippen LogP contribution >= 0.6 is 0 Å². The molecule has 0 N–H and O–H groups in total. The van der Waals surface area contributed by atoms with Crippen LogP contribution in [0.3, 0.4) is 0 Å². The van der Waals surface area contributed by atoms with Crippen molar-refractivity contribution in [3.05, 3.63) is 113 Å². The van der Waals surface area contributed by atoms with Crippen LogP contribution in [0.25, 0.3) is 10.8 Å². The van der Waals surface area contributed by atoms with Gasteiger partial charge in [-0.25, -0.2) is 9.59 Å². The first-order valence-electron chi connectivity index (χ1n) is 15.5. The fourth-order valence-electron chi connectivity index (χ4n) is 6.21. The van der Waals surface area contributed by atoms with E-state index in [2.05, 4.69) is 43.3 Å². The number of aryl methyl sites for hydroxylation is 1. The molecule has 0 bridgehead atoms. The molecule has 0 saturated carbocycles. The van der Waals surface area contributed by atoms with E-state index in [0.717, 1.165) is 58.0 Å². The lowest BCUT2D eigenvalue weighted by Gasteiger charge is -2.35. The van der Waals surface area contributed by atoms with E-state index >= 15 is 0 Å². The normalized spacial score (nSPS) is 16.9. The Bertz CT molecular complexity index is 1630. The lowest BCUT2D eigenvalue weighted by atomic mass is 9.82. The molecule has 1 aliphatic heterocycles. The molecular weight excluding hydrogens is 550 g/mol. The molecule has 6 nitrogen and oxygen atoms in total. The average molecular weight is 594 g/mol. The van der Waals surface area contributed by atoms with Gasteiger partial charge >= 0.3 is 12.1 Å². The number of ether oxygens (including phenoxy) is 3. The van der Waals surface area contributed by atoms with Gasteiger partial charge in [0.1, 0.15) is 11.4 Å². The van der Waals surface area contributed by atoms with Gasteiger partial charge in [-0.05, 0) is 93.5 Å². The van der Waals surface area contributed by atoms with Crippen LogP contribution in [0.1, 0.15) is 91.5 Å². The topological polar surface area (TPSA) is 65.1 Å². The van der Waals surface area contributed by atoms with E-state index in [4.69, 9.17) is 14.2 Å². The number of benzene rings is 4. The summed E-state index contributed by atoms with van der Waals surface area (Å²) in [5.74, 6) is 0.608. The van der Waals surface area contributed by atoms with Crippen LogP contribution in [0, 0.1) is 6.92 Å². The summed E-state index contributed by atoms with van der Waals surface area (Å²) in [4.78, 5) is 27.9. The second kappa shape index (κ2) is 13.1. The number of hydrogen-bond donors (Lipinski definition) is 0. The predicted octanol–water partition coefficient (Wildman–Crippen LogP) is 9.00. The minimum absolute atomic E-state index is 0.0499. The van der Waals surface area contributed by atoms with Gasteiger partial charge in [-0.2, -0.15) is 0 Å². The first kappa shape index (κ1) is 31.1. The molecule has 4 aromatic rings. The predicted molar refractivity (Wildman–Crippen MR) is 174 cm³/mol. The molecule has 0 fully saturated rings. The molecule has 0 aromatic heterocycles. The van der Waals surface area contributed by atoms with E-state index < -0.39 is 5.60 Å². The standard InChI is InChI=1S/C38H43NO5/c1-25-20-21-28(23-33(25)36(40)42-6)34-24-29(43-35-19-10-9-17-32(34)35)15-12-22-39(37(41)44-38(3,4)5)26(2)30-18-11-14-27-13-7-8-16-31(27)30/h7-11,13-14,16-21,23,26,29,34H,12,15,22,24H2,1-6H3/t26-,29-,34?/m1/s1. The van der Waals surface area contributed by atoms with Crippen molar-refractivity contribution in [2.24, 2.45) is 0 Å². The molecule has 1 amide bonds. The highest BCUT2D eigenvalue weighted by Crippen LogP contribution is 2.42. The Kier molecular flexibility index (Phi) is 9.28. The Balaban J connectivity index is 1.37. The summed E-state index contributed by atoms with van der Waals surface area (Å²) in [5.41, 5.74) is 4.15. The van der Waals surface area contributed by atoms with Gasteiger partial charge in [-0.1, -0.05) is 72.8 Å². The Labute approximate surface area is 260 Å². The molecule has 0 radical (unpaired) electrons. The summed E-state index contributed by atoms with van der Waals surface area (Å²) in [7, 11) is 1.41. The minimum Gasteiger partial charge on any atom is -0.490 e. The van der Waals surface area contributed by atoms with Gasteiger partial charge in [0.2, 0.25) is 0 Å². The summed E-state index contributed by atoms with van der Waals surface area (Å²) < 4.78 is 17.4. The average Bonchev–Trinajstić information content (AvgIpc) is 3.01. The largest absolute Gasteiger partial charge is 0.490 e. The maximum Gasteiger partial charge on any atom is 0.410 e. The molecule has 1 aliphatic rings. The van der Waals surface area contributed by atoms with Crippen LogP contribution in [-0.4, -0.2) is 42.3 Å². The zero-order chi connectivity index (χ0) is 31.4. The van der Waals surface area contributed by atoms with E-state index in [-0.39, 0.29) is 30.1 Å². The van der Waals surface area contributed by atoms with Crippen LogP contribution in [0.2, 0.25) is 0 Å². The Morgan fingerprint density at radius 3 is 2.48 bits per heavy atom. The highest BCUT2D eigenvalue weighted by molar-refractivity contribution is 5.91. The first-order chi connectivity index (χ1) is 21.1. The van der Waals surface area contributed by atoms with Crippen LogP contribution in [0.5, 0.6) is 5.75 Å². The SMILES string of the molecule is COC(=O)c1cc(C2C[C@@H](CCCN(C(=O)OC(C)(C)C)[C@H](C)c3cccc4ccccc34)Oc3ccccc32)ccc1C. The first-order valence-corrected chi connectivity index (χ1v) is 15.5. The number of rotatable bonds is 8. The number of carbonyl (C=O) groups is 2. The summed E-state index contributed by atoms with van der Waals surface area (Å²) in [6.07, 6.45) is 1.91. The molecule has 5 rings (SSSR count).